The topological polar surface area (TPSA) is 49.4 Å². The van der Waals surface area contributed by atoms with Gasteiger partial charge in [-0.25, -0.2) is 4.39 Å². The van der Waals surface area contributed by atoms with Crippen molar-refractivity contribution in [1.82, 2.24) is 10.2 Å². The molecule has 4 nitrogen and oxygen atoms in total. The minimum absolute atomic E-state index is 0.261. The maximum atomic E-state index is 14.0. The van der Waals surface area contributed by atoms with Gasteiger partial charge in [-0.15, -0.1) is 0 Å². The molecule has 0 atom stereocenters. The van der Waals surface area contributed by atoms with Gasteiger partial charge in [-0.1, -0.05) is 12.1 Å². The van der Waals surface area contributed by atoms with Crippen LogP contribution in [0.5, 0.6) is 0 Å². The molecule has 1 N–H and O–H groups in total. The second-order valence-electron chi connectivity index (χ2n) is 4.68. The standard InChI is InChI=1S/C14H13FN2O2/c15-12(9-5-6-16-7-9)8-17-13(18)10-3-1-2-4-11(10)14(17)19/h1-4,16H,5-8H2/b12-9+. The van der Waals surface area contributed by atoms with E-state index < -0.39 is 11.8 Å². The molecule has 19 heavy (non-hydrogen) atoms. The van der Waals surface area contributed by atoms with E-state index in [0.717, 1.165) is 11.4 Å². The largest absolute Gasteiger partial charge is 0.313 e. The van der Waals surface area contributed by atoms with Gasteiger partial charge >= 0.3 is 0 Å². The van der Waals surface area contributed by atoms with Crippen molar-refractivity contribution < 1.29 is 14.0 Å². The summed E-state index contributed by atoms with van der Waals surface area (Å²) in [6.45, 7) is 0.975. The molecule has 0 radical (unpaired) electrons. The number of fused-ring (bicyclic) bond motifs is 1. The molecule has 2 aliphatic rings. The molecule has 0 unspecified atom stereocenters. The van der Waals surface area contributed by atoms with Gasteiger partial charge in [0.2, 0.25) is 0 Å². The summed E-state index contributed by atoms with van der Waals surface area (Å²) in [6, 6.07) is 6.59. The van der Waals surface area contributed by atoms with E-state index in [-0.39, 0.29) is 12.4 Å². The van der Waals surface area contributed by atoms with Gasteiger partial charge in [0.15, 0.2) is 0 Å². The van der Waals surface area contributed by atoms with Gasteiger partial charge in [-0.05, 0) is 30.7 Å². The Morgan fingerprint density at radius 3 is 2.37 bits per heavy atom. The Kier molecular flexibility index (Phi) is 2.91. The Morgan fingerprint density at radius 1 is 1.21 bits per heavy atom. The highest BCUT2D eigenvalue weighted by atomic mass is 19.1. The van der Waals surface area contributed by atoms with Crippen LogP contribution >= 0.6 is 0 Å². The molecular formula is C14H13FN2O2. The maximum absolute atomic E-state index is 14.0. The van der Waals surface area contributed by atoms with Crippen molar-refractivity contribution in [2.24, 2.45) is 0 Å². The van der Waals surface area contributed by atoms with Crippen LogP contribution in [0.4, 0.5) is 4.39 Å². The van der Waals surface area contributed by atoms with Gasteiger partial charge in [0.05, 0.1) is 17.7 Å². The first-order valence-electron chi connectivity index (χ1n) is 6.21. The van der Waals surface area contributed by atoms with Crippen molar-refractivity contribution in [1.29, 1.82) is 0 Å². The van der Waals surface area contributed by atoms with E-state index in [4.69, 9.17) is 0 Å². The van der Waals surface area contributed by atoms with Crippen LogP contribution in [0.15, 0.2) is 35.7 Å². The van der Waals surface area contributed by atoms with Gasteiger partial charge in [-0.3, -0.25) is 14.5 Å². The minimum Gasteiger partial charge on any atom is -0.313 e. The van der Waals surface area contributed by atoms with Gasteiger partial charge in [0.25, 0.3) is 11.8 Å². The van der Waals surface area contributed by atoms with Crippen LogP contribution < -0.4 is 5.32 Å². The number of carbonyl (C=O) groups excluding carboxylic acids is 2. The number of rotatable bonds is 2. The van der Waals surface area contributed by atoms with Crippen LogP contribution in [0.1, 0.15) is 27.1 Å². The number of carbonyl (C=O) groups is 2. The molecular weight excluding hydrogens is 247 g/mol. The van der Waals surface area contributed by atoms with Crippen LogP contribution in [0.25, 0.3) is 0 Å². The van der Waals surface area contributed by atoms with Crippen LogP contribution in [0.3, 0.4) is 0 Å². The first-order valence-corrected chi connectivity index (χ1v) is 6.21. The van der Waals surface area contributed by atoms with Crippen molar-refractivity contribution in [3.8, 4) is 0 Å². The zero-order valence-corrected chi connectivity index (χ0v) is 10.3. The minimum atomic E-state index is -0.415. The SMILES string of the molecule is O=C1c2ccccc2C(=O)N1C/C(F)=C1/CCNC1. The molecule has 3 rings (SSSR count). The van der Waals surface area contributed by atoms with Crippen LogP contribution in [-0.4, -0.2) is 36.3 Å². The first kappa shape index (κ1) is 12.0. The van der Waals surface area contributed by atoms with Crippen molar-refractivity contribution in [3.05, 3.63) is 46.8 Å². The number of amides is 2. The van der Waals surface area contributed by atoms with Crippen LogP contribution in [-0.2, 0) is 0 Å². The van der Waals surface area contributed by atoms with Gasteiger partial charge in [0.1, 0.15) is 5.83 Å². The predicted octanol–water partition coefficient (Wildman–Crippen LogP) is 1.50. The van der Waals surface area contributed by atoms with Crippen LogP contribution in [0.2, 0.25) is 0 Å². The molecule has 0 spiro atoms. The lowest BCUT2D eigenvalue weighted by atomic mass is 10.1. The number of benzene rings is 1. The highest BCUT2D eigenvalue weighted by Crippen LogP contribution is 2.24. The molecule has 1 fully saturated rings. The average molecular weight is 260 g/mol. The van der Waals surface area contributed by atoms with Gasteiger partial charge in [0, 0.05) is 6.54 Å². The molecule has 98 valence electrons. The molecule has 0 aliphatic carbocycles. The number of nitrogens with zero attached hydrogens (tertiary/aromatic N) is 1. The molecule has 2 aliphatic heterocycles. The quantitative estimate of drug-likeness (QED) is 0.820. The second-order valence-corrected chi connectivity index (χ2v) is 4.68. The Balaban J connectivity index is 1.86. The lowest BCUT2D eigenvalue weighted by Crippen LogP contribution is -2.31. The Hall–Kier alpha value is -2.01. The fourth-order valence-electron chi connectivity index (χ4n) is 2.43. The fraction of sp³-hybridized carbons (Fsp3) is 0.286. The number of hydrogen-bond donors (Lipinski definition) is 1. The van der Waals surface area contributed by atoms with Crippen molar-refractivity contribution in [2.45, 2.75) is 6.42 Å². The number of imide groups is 1. The Labute approximate surface area is 109 Å². The molecule has 0 saturated carbocycles. The number of hydrogen-bond acceptors (Lipinski definition) is 3. The fourth-order valence-corrected chi connectivity index (χ4v) is 2.43. The van der Waals surface area contributed by atoms with E-state index >= 15 is 0 Å². The summed E-state index contributed by atoms with van der Waals surface area (Å²) < 4.78 is 14.0. The van der Waals surface area contributed by atoms with E-state index in [1.165, 1.54) is 0 Å². The molecule has 0 bridgehead atoms. The van der Waals surface area contributed by atoms with E-state index in [2.05, 4.69) is 5.32 Å². The normalized spacial score (nSPS) is 21.0. The third kappa shape index (κ3) is 1.96. The summed E-state index contributed by atoms with van der Waals surface area (Å²) in [4.78, 5) is 25.1. The van der Waals surface area contributed by atoms with E-state index in [9.17, 15) is 14.0 Å². The summed E-state index contributed by atoms with van der Waals surface area (Å²) in [6.07, 6.45) is 0.634. The maximum Gasteiger partial charge on any atom is 0.261 e. The summed E-state index contributed by atoms with van der Waals surface area (Å²) in [5, 5.41) is 3.03. The van der Waals surface area contributed by atoms with Gasteiger partial charge in [-0.2, -0.15) is 0 Å². The molecule has 2 heterocycles. The number of halogens is 1. The number of nitrogens with one attached hydrogen (secondary N) is 1. The lowest BCUT2D eigenvalue weighted by molar-refractivity contribution is 0.0659. The van der Waals surface area contributed by atoms with Gasteiger partial charge < -0.3 is 5.32 Å². The van der Waals surface area contributed by atoms with Crippen molar-refractivity contribution >= 4 is 11.8 Å². The predicted molar refractivity (Wildman–Crippen MR) is 67.4 cm³/mol. The molecule has 2 amide bonds. The smallest absolute Gasteiger partial charge is 0.261 e. The zero-order valence-electron chi connectivity index (χ0n) is 10.3. The molecule has 0 aromatic heterocycles. The van der Waals surface area contributed by atoms with Crippen molar-refractivity contribution in [3.63, 3.8) is 0 Å². The summed E-state index contributed by atoms with van der Waals surface area (Å²) in [7, 11) is 0. The first-order chi connectivity index (χ1) is 9.18. The Bertz CT molecular complexity index is 552. The van der Waals surface area contributed by atoms with Crippen molar-refractivity contribution in [2.75, 3.05) is 19.6 Å². The molecule has 1 saturated heterocycles. The second kappa shape index (κ2) is 4.59. The molecule has 1 aromatic carbocycles. The van der Waals surface area contributed by atoms with Crippen LogP contribution in [0, 0.1) is 0 Å². The molecule has 5 heteroatoms. The third-order valence-corrected chi connectivity index (χ3v) is 3.50. The zero-order chi connectivity index (χ0) is 13.4. The molecule has 1 aromatic rings. The lowest BCUT2D eigenvalue weighted by Gasteiger charge is -2.13. The summed E-state index contributed by atoms with van der Waals surface area (Å²) >= 11 is 0. The average Bonchev–Trinajstić information content (AvgIpc) is 3.03. The highest BCUT2D eigenvalue weighted by Gasteiger charge is 2.35. The summed E-state index contributed by atoms with van der Waals surface area (Å²) in [5.41, 5.74) is 1.36. The monoisotopic (exact) mass is 260 g/mol. The third-order valence-electron chi connectivity index (χ3n) is 3.50. The highest BCUT2D eigenvalue weighted by molar-refractivity contribution is 6.21. The summed E-state index contributed by atoms with van der Waals surface area (Å²) in [5.74, 6) is -1.20. The van der Waals surface area contributed by atoms with E-state index in [0.29, 0.717) is 29.7 Å². The Morgan fingerprint density at radius 2 is 1.84 bits per heavy atom. The van der Waals surface area contributed by atoms with E-state index in [1.807, 2.05) is 0 Å². The van der Waals surface area contributed by atoms with E-state index in [1.54, 1.807) is 24.3 Å².